The zero-order valence-corrected chi connectivity index (χ0v) is 11.5. The molecule has 0 aromatic carbocycles. The van der Waals surface area contributed by atoms with Gasteiger partial charge in [0, 0.05) is 23.8 Å². The Labute approximate surface area is 107 Å². The molecule has 1 amide bonds. The molecule has 0 radical (unpaired) electrons. The van der Waals surface area contributed by atoms with E-state index in [0.717, 1.165) is 24.7 Å². The average molecular weight is 288 g/mol. The van der Waals surface area contributed by atoms with Gasteiger partial charge in [-0.1, -0.05) is 28.8 Å². The second-order valence-electron chi connectivity index (χ2n) is 5.14. The Morgan fingerprint density at radius 1 is 1.19 bits per heavy atom. The maximum absolute atomic E-state index is 12.3. The van der Waals surface area contributed by atoms with Crippen LogP contribution < -0.4 is 0 Å². The summed E-state index contributed by atoms with van der Waals surface area (Å²) in [6, 6.07) is 0.547. The van der Waals surface area contributed by atoms with Crippen molar-refractivity contribution in [3.05, 3.63) is 0 Å². The number of hydrogen-bond donors (Lipinski definition) is 0. The van der Waals surface area contributed by atoms with Crippen LogP contribution in [-0.2, 0) is 4.79 Å². The number of carbonyl (C=O) groups excluding carboxylic acids is 1. The molecule has 2 rings (SSSR count). The highest BCUT2D eigenvalue weighted by Gasteiger charge is 2.33. The van der Waals surface area contributed by atoms with Crippen molar-refractivity contribution in [1.82, 2.24) is 4.90 Å². The quantitative estimate of drug-likeness (QED) is 0.727. The molecule has 1 saturated heterocycles. The summed E-state index contributed by atoms with van der Waals surface area (Å²) in [6.07, 6.45) is 9.62. The predicted octanol–water partition coefficient (Wildman–Crippen LogP) is 3.34. The third-order valence-electron chi connectivity index (χ3n) is 4.04. The molecule has 16 heavy (non-hydrogen) atoms. The molecule has 0 spiro atoms. The average Bonchev–Trinajstić information content (AvgIpc) is 2.96. The maximum atomic E-state index is 12.3. The first-order valence-corrected chi connectivity index (χ1v) is 7.81. The van der Waals surface area contributed by atoms with E-state index in [1.165, 1.54) is 38.5 Å². The van der Waals surface area contributed by atoms with E-state index < -0.39 is 0 Å². The number of halogens is 1. The number of alkyl halides is 1. The molecule has 92 valence electrons. The lowest BCUT2D eigenvalue weighted by Crippen LogP contribution is -2.39. The van der Waals surface area contributed by atoms with Crippen molar-refractivity contribution in [1.29, 1.82) is 0 Å². The van der Waals surface area contributed by atoms with Gasteiger partial charge in [0.05, 0.1) is 0 Å². The summed E-state index contributed by atoms with van der Waals surface area (Å²) in [5, 5.41) is 1.06. The summed E-state index contributed by atoms with van der Waals surface area (Å²) in [7, 11) is 0. The van der Waals surface area contributed by atoms with Gasteiger partial charge in [-0.15, -0.1) is 0 Å². The van der Waals surface area contributed by atoms with Crippen molar-refractivity contribution in [2.75, 3.05) is 11.9 Å². The van der Waals surface area contributed by atoms with E-state index in [1.54, 1.807) is 0 Å². The summed E-state index contributed by atoms with van der Waals surface area (Å²) in [4.78, 5) is 14.5. The maximum Gasteiger partial charge on any atom is 0.225 e. The minimum Gasteiger partial charge on any atom is -0.339 e. The van der Waals surface area contributed by atoms with Crippen LogP contribution in [0.5, 0.6) is 0 Å². The van der Waals surface area contributed by atoms with Gasteiger partial charge in [-0.25, -0.2) is 0 Å². The molecule has 1 aliphatic carbocycles. The smallest absolute Gasteiger partial charge is 0.225 e. The molecule has 1 heterocycles. The third-order valence-corrected chi connectivity index (χ3v) is 4.60. The van der Waals surface area contributed by atoms with E-state index in [-0.39, 0.29) is 0 Å². The molecule has 0 aromatic rings. The summed E-state index contributed by atoms with van der Waals surface area (Å²) in [6.45, 7) is 1.02. The van der Waals surface area contributed by atoms with Gasteiger partial charge in [-0.2, -0.15) is 0 Å². The fraction of sp³-hybridized carbons (Fsp3) is 0.923. The molecule has 1 atom stereocenters. The van der Waals surface area contributed by atoms with Gasteiger partial charge < -0.3 is 4.90 Å². The van der Waals surface area contributed by atoms with Gasteiger partial charge in [0.15, 0.2) is 0 Å². The summed E-state index contributed by atoms with van der Waals surface area (Å²) in [5.41, 5.74) is 0. The highest BCUT2D eigenvalue weighted by molar-refractivity contribution is 9.09. The van der Waals surface area contributed by atoms with Crippen LogP contribution in [0.25, 0.3) is 0 Å². The molecule has 2 aliphatic rings. The van der Waals surface area contributed by atoms with Crippen LogP contribution in [0.15, 0.2) is 0 Å². The molecule has 2 fully saturated rings. The zero-order valence-electron chi connectivity index (χ0n) is 9.96. The SMILES string of the molecule is O=C(C1CCCC1)N1CCCC1CCCBr. The zero-order chi connectivity index (χ0) is 11.4. The van der Waals surface area contributed by atoms with Crippen molar-refractivity contribution in [2.45, 2.75) is 57.4 Å². The van der Waals surface area contributed by atoms with E-state index in [9.17, 15) is 4.79 Å². The molecular formula is C13H22BrNO. The molecule has 1 unspecified atom stereocenters. The van der Waals surface area contributed by atoms with E-state index in [2.05, 4.69) is 20.8 Å². The van der Waals surface area contributed by atoms with E-state index in [4.69, 9.17) is 0 Å². The molecule has 0 N–H and O–H groups in total. The van der Waals surface area contributed by atoms with Gasteiger partial charge in [0.25, 0.3) is 0 Å². The lowest BCUT2D eigenvalue weighted by Gasteiger charge is -2.27. The normalized spacial score (nSPS) is 26.6. The number of carbonyl (C=O) groups is 1. The Bertz CT molecular complexity index is 238. The first-order valence-electron chi connectivity index (χ1n) is 6.69. The van der Waals surface area contributed by atoms with Crippen LogP contribution in [0.4, 0.5) is 0 Å². The van der Waals surface area contributed by atoms with Crippen molar-refractivity contribution < 1.29 is 4.79 Å². The highest BCUT2D eigenvalue weighted by atomic mass is 79.9. The van der Waals surface area contributed by atoms with Crippen LogP contribution in [0.1, 0.15) is 51.4 Å². The first-order chi connectivity index (χ1) is 7.83. The number of nitrogens with zero attached hydrogens (tertiary/aromatic N) is 1. The van der Waals surface area contributed by atoms with Gasteiger partial charge in [0.1, 0.15) is 0 Å². The summed E-state index contributed by atoms with van der Waals surface area (Å²) < 4.78 is 0. The molecule has 3 heteroatoms. The van der Waals surface area contributed by atoms with Crippen LogP contribution >= 0.6 is 15.9 Å². The Morgan fingerprint density at radius 2 is 1.94 bits per heavy atom. The molecule has 1 aliphatic heterocycles. The lowest BCUT2D eigenvalue weighted by atomic mass is 10.0. The van der Waals surface area contributed by atoms with Crippen molar-refractivity contribution in [2.24, 2.45) is 5.92 Å². The molecular weight excluding hydrogens is 266 g/mol. The van der Waals surface area contributed by atoms with Gasteiger partial charge >= 0.3 is 0 Å². The second kappa shape index (κ2) is 6.04. The standard InChI is InChI=1S/C13H22BrNO/c14-9-3-7-12-8-4-10-15(12)13(16)11-5-1-2-6-11/h11-12H,1-10H2. The Hall–Kier alpha value is -0.0500. The number of hydrogen-bond acceptors (Lipinski definition) is 1. The van der Waals surface area contributed by atoms with Gasteiger partial charge in [-0.05, 0) is 38.5 Å². The summed E-state index contributed by atoms with van der Waals surface area (Å²) in [5.74, 6) is 0.833. The van der Waals surface area contributed by atoms with E-state index in [0.29, 0.717) is 17.9 Å². The van der Waals surface area contributed by atoms with Crippen LogP contribution in [0, 0.1) is 5.92 Å². The van der Waals surface area contributed by atoms with Crippen molar-refractivity contribution in [3.8, 4) is 0 Å². The largest absolute Gasteiger partial charge is 0.339 e. The predicted molar refractivity (Wildman–Crippen MR) is 69.7 cm³/mol. The Balaban J connectivity index is 1.88. The number of amides is 1. The lowest BCUT2D eigenvalue weighted by molar-refractivity contribution is -0.136. The fourth-order valence-corrected chi connectivity index (χ4v) is 3.47. The first kappa shape index (κ1) is 12.4. The highest BCUT2D eigenvalue weighted by Crippen LogP contribution is 2.30. The minimum absolute atomic E-state index is 0.365. The molecule has 0 bridgehead atoms. The van der Waals surface area contributed by atoms with Crippen molar-refractivity contribution >= 4 is 21.8 Å². The molecule has 2 nitrogen and oxygen atoms in total. The number of rotatable bonds is 4. The van der Waals surface area contributed by atoms with Gasteiger partial charge in [-0.3, -0.25) is 4.79 Å². The van der Waals surface area contributed by atoms with E-state index in [1.807, 2.05) is 0 Å². The van der Waals surface area contributed by atoms with Crippen LogP contribution in [0.2, 0.25) is 0 Å². The van der Waals surface area contributed by atoms with Crippen LogP contribution in [-0.4, -0.2) is 28.7 Å². The fourth-order valence-electron chi connectivity index (χ4n) is 3.15. The van der Waals surface area contributed by atoms with Gasteiger partial charge in [0.2, 0.25) is 5.91 Å². The summed E-state index contributed by atoms with van der Waals surface area (Å²) >= 11 is 3.48. The monoisotopic (exact) mass is 287 g/mol. The number of likely N-dealkylation sites (tertiary alicyclic amines) is 1. The molecule has 1 saturated carbocycles. The second-order valence-corrected chi connectivity index (χ2v) is 5.93. The van der Waals surface area contributed by atoms with Crippen molar-refractivity contribution in [3.63, 3.8) is 0 Å². The van der Waals surface area contributed by atoms with E-state index >= 15 is 0 Å². The minimum atomic E-state index is 0.365. The topological polar surface area (TPSA) is 20.3 Å². The molecule has 0 aromatic heterocycles. The van der Waals surface area contributed by atoms with Crippen LogP contribution in [0.3, 0.4) is 0 Å². The Morgan fingerprint density at radius 3 is 2.62 bits per heavy atom. The Kier molecular flexibility index (Phi) is 4.68. The third kappa shape index (κ3) is 2.79.